The van der Waals surface area contributed by atoms with Crippen molar-refractivity contribution in [1.29, 1.82) is 0 Å². The van der Waals surface area contributed by atoms with Crippen LogP contribution in [0.25, 0.3) is 0 Å². The van der Waals surface area contributed by atoms with Gasteiger partial charge < -0.3 is 0 Å². The zero-order chi connectivity index (χ0) is 10.8. The molecule has 0 radical (unpaired) electrons. The highest BCUT2D eigenvalue weighted by atomic mass is 19.4. The van der Waals surface area contributed by atoms with Crippen LogP contribution in [0.2, 0.25) is 0 Å². The van der Waals surface area contributed by atoms with Crippen molar-refractivity contribution in [2.75, 3.05) is 0 Å². The lowest BCUT2D eigenvalue weighted by molar-refractivity contribution is -0.0885. The van der Waals surface area contributed by atoms with E-state index in [1.54, 1.807) is 0 Å². The Kier molecular flexibility index (Phi) is 2.56. The van der Waals surface area contributed by atoms with E-state index in [1.165, 1.54) is 6.20 Å². The highest BCUT2D eigenvalue weighted by molar-refractivity contribution is 6.00. The minimum absolute atomic E-state index is 0.139. The third kappa shape index (κ3) is 2.10. The second kappa shape index (κ2) is 3.50. The molecule has 2 nitrogen and oxygen atoms in total. The molecule has 0 unspecified atom stereocenters. The molecule has 0 aliphatic rings. The monoisotopic (exact) mass is 199 g/mol. The summed E-state index contributed by atoms with van der Waals surface area (Å²) in [7, 11) is 0. The van der Waals surface area contributed by atoms with Crippen LogP contribution in [0, 0.1) is 12.3 Å². The zero-order valence-electron chi connectivity index (χ0n) is 6.80. The van der Waals surface area contributed by atoms with Crippen LogP contribution in [-0.4, -0.2) is 16.9 Å². The topological polar surface area (TPSA) is 30.0 Å². The van der Waals surface area contributed by atoms with Crippen molar-refractivity contribution >= 4 is 5.78 Å². The van der Waals surface area contributed by atoms with Gasteiger partial charge in [-0.2, -0.15) is 13.2 Å². The SMILES string of the molecule is C#Cc1cncc(C(=O)C(F)(F)F)c1. The molecule has 0 saturated heterocycles. The first-order chi connectivity index (χ1) is 6.45. The fraction of sp³-hybridized carbons (Fsp3) is 0.111. The van der Waals surface area contributed by atoms with Gasteiger partial charge in [-0.3, -0.25) is 9.78 Å². The van der Waals surface area contributed by atoms with E-state index in [9.17, 15) is 18.0 Å². The number of alkyl halides is 3. The molecular formula is C9H4F3NO. The van der Waals surface area contributed by atoms with Crippen LogP contribution in [0.3, 0.4) is 0 Å². The maximum Gasteiger partial charge on any atom is 0.454 e. The van der Waals surface area contributed by atoms with Crippen molar-refractivity contribution in [3.8, 4) is 12.3 Å². The summed E-state index contributed by atoms with van der Waals surface area (Å²) in [5.41, 5.74) is -0.409. The van der Waals surface area contributed by atoms with Crippen LogP contribution in [0.1, 0.15) is 15.9 Å². The van der Waals surface area contributed by atoms with Crippen LogP contribution in [0.4, 0.5) is 13.2 Å². The predicted molar refractivity (Wildman–Crippen MR) is 42.6 cm³/mol. The summed E-state index contributed by atoms with van der Waals surface area (Å²) in [5, 5.41) is 0. The Morgan fingerprint density at radius 2 is 2.07 bits per heavy atom. The van der Waals surface area contributed by atoms with Gasteiger partial charge in [-0.15, -0.1) is 6.42 Å². The summed E-state index contributed by atoms with van der Waals surface area (Å²) in [4.78, 5) is 14.1. The molecule has 0 amide bonds. The van der Waals surface area contributed by atoms with Gasteiger partial charge in [0.25, 0.3) is 5.78 Å². The van der Waals surface area contributed by atoms with Gasteiger partial charge in [-0.05, 0) is 6.07 Å². The van der Waals surface area contributed by atoms with E-state index in [4.69, 9.17) is 6.42 Å². The van der Waals surface area contributed by atoms with Crippen molar-refractivity contribution in [2.24, 2.45) is 0 Å². The molecule has 0 atom stereocenters. The van der Waals surface area contributed by atoms with Gasteiger partial charge in [-0.25, -0.2) is 0 Å². The Bertz CT molecular complexity index is 403. The number of aromatic nitrogens is 1. The minimum Gasteiger partial charge on any atom is -0.284 e. The second-order valence-electron chi connectivity index (χ2n) is 2.43. The number of hydrogen-bond donors (Lipinski definition) is 0. The fourth-order valence-corrected chi connectivity index (χ4v) is 0.807. The maximum atomic E-state index is 11.9. The van der Waals surface area contributed by atoms with Crippen molar-refractivity contribution in [1.82, 2.24) is 4.98 Å². The van der Waals surface area contributed by atoms with E-state index in [0.29, 0.717) is 0 Å². The van der Waals surface area contributed by atoms with Gasteiger partial charge in [0.2, 0.25) is 0 Å². The molecule has 72 valence electrons. The number of carbonyl (C=O) groups excluding carboxylic acids is 1. The molecule has 0 aliphatic carbocycles. The Balaban J connectivity index is 3.10. The van der Waals surface area contributed by atoms with Crippen LogP contribution in [-0.2, 0) is 0 Å². The smallest absolute Gasteiger partial charge is 0.284 e. The van der Waals surface area contributed by atoms with Crippen molar-refractivity contribution in [3.63, 3.8) is 0 Å². The number of halogens is 3. The summed E-state index contributed by atoms with van der Waals surface area (Å²) >= 11 is 0. The Morgan fingerprint density at radius 1 is 1.43 bits per heavy atom. The normalized spacial score (nSPS) is 10.7. The molecule has 0 aliphatic heterocycles. The Morgan fingerprint density at radius 3 is 2.57 bits per heavy atom. The van der Waals surface area contributed by atoms with E-state index >= 15 is 0 Å². The molecule has 1 heterocycles. The largest absolute Gasteiger partial charge is 0.454 e. The lowest BCUT2D eigenvalue weighted by Crippen LogP contribution is -2.22. The molecular weight excluding hydrogens is 195 g/mol. The summed E-state index contributed by atoms with van der Waals surface area (Å²) < 4.78 is 35.8. The first kappa shape index (κ1) is 10.3. The van der Waals surface area contributed by atoms with Gasteiger partial charge in [0.1, 0.15) is 0 Å². The summed E-state index contributed by atoms with van der Waals surface area (Å²) in [6.45, 7) is 0. The standard InChI is InChI=1S/C9H4F3NO/c1-2-6-3-7(5-13-4-6)8(14)9(10,11)12/h1,3-5H. The second-order valence-corrected chi connectivity index (χ2v) is 2.43. The van der Waals surface area contributed by atoms with Gasteiger partial charge in [0.05, 0.1) is 0 Å². The Labute approximate surface area is 77.8 Å². The number of nitrogens with zero attached hydrogens (tertiary/aromatic N) is 1. The molecule has 0 fully saturated rings. The molecule has 0 bridgehead atoms. The quantitative estimate of drug-likeness (QED) is 0.510. The third-order valence-corrected chi connectivity index (χ3v) is 1.42. The number of ketones is 1. The highest BCUT2D eigenvalue weighted by Crippen LogP contribution is 2.21. The van der Waals surface area contributed by atoms with Crippen LogP contribution >= 0.6 is 0 Å². The number of pyridine rings is 1. The van der Waals surface area contributed by atoms with Crippen molar-refractivity contribution in [2.45, 2.75) is 6.18 Å². The molecule has 0 spiro atoms. The van der Waals surface area contributed by atoms with Gasteiger partial charge in [0, 0.05) is 23.5 Å². The number of hydrogen-bond acceptors (Lipinski definition) is 2. The minimum atomic E-state index is -4.89. The van der Waals surface area contributed by atoms with Crippen LogP contribution in [0.5, 0.6) is 0 Å². The Hall–Kier alpha value is -1.83. The number of terminal acetylenes is 1. The molecule has 5 heteroatoms. The number of rotatable bonds is 1. The number of carbonyl (C=O) groups is 1. The van der Waals surface area contributed by atoms with Gasteiger partial charge >= 0.3 is 6.18 Å². The summed E-state index contributed by atoms with van der Waals surface area (Å²) in [6.07, 6.45) is 2.08. The lowest BCUT2D eigenvalue weighted by atomic mass is 10.1. The molecule has 1 aromatic rings. The fourth-order valence-electron chi connectivity index (χ4n) is 0.807. The number of Topliss-reactive ketones (excluding diaryl/α,β-unsaturated/α-hetero) is 1. The molecule has 14 heavy (non-hydrogen) atoms. The summed E-state index contributed by atoms with van der Waals surface area (Å²) in [5.74, 6) is 0.149. The van der Waals surface area contributed by atoms with Gasteiger partial charge in [0.15, 0.2) is 0 Å². The molecule has 0 N–H and O–H groups in total. The zero-order valence-corrected chi connectivity index (χ0v) is 6.80. The molecule has 1 aromatic heterocycles. The van der Waals surface area contributed by atoms with Gasteiger partial charge in [-0.1, -0.05) is 5.92 Å². The van der Waals surface area contributed by atoms with Crippen molar-refractivity contribution < 1.29 is 18.0 Å². The van der Waals surface area contributed by atoms with E-state index < -0.39 is 17.5 Å². The van der Waals surface area contributed by atoms with Crippen molar-refractivity contribution in [3.05, 3.63) is 29.6 Å². The van der Waals surface area contributed by atoms with E-state index in [0.717, 1.165) is 12.3 Å². The van der Waals surface area contributed by atoms with Crippen LogP contribution < -0.4 is 0 Å². The first-order valence-electron chi connectivity index (χ1n) is 3.48. The third-order valence-electron chi connectivity index (χ3n) is 1.42. The highest BCUT2D eigenvalue weighted by Gasteiger charge is 2.39. The average molecular weight is 199 g/mol. The van der Waals surface area contributed by atoms with E-state index in [2.05, 4.69) is 10.9 Å². The van der Waals surface area contributed by atoms with E-state index in [1.807, 2.05) is 0 Å². The summed E-state index contributed by atoms with van der Waals surface area (Å²) in [6, 6.07) is 0.975. The predicted octanol–water partition coefficient (Wildman–Crippen LogP) is 1.81. The molecule has 0 saturated carbocycles. The van der Waals surface area contributed by atoms with E-state index in [-0.39, 0.29) is 5.56 Å². The molecule has 1 rings (SSSR count). The first-order valence-corrected chi connectivity index (χ1v) is 3.48. The average Bonchev–Trinajstić information content (AvgIpc) is 2.15. The maximum absolute atomic E-state index is 11.9. The van der Waals surface area contributed by atoms with Crippen LogP contribution in [0.15, 0.2) is 18.5 Å². The lowest BCUT2D eigenvalue weighted by Gasteiger charge is -2.04. The molecule has 0 aromatic carbocycles.